The molecule has 21 heavy (non-hydrogen) atoms. The van der Waals surface area contributed by atoms with Crippen molar-refractivity contribution >= 4 is 23.2 Å². The van der Waals surface area contributed by atoms with Gasteiger partial charge in [-0.05, 0) is 31.0 Å². The van der Waals surface area contributed by atoms with Crippen molar-refractivity contribution < 1.29 is 9.59 Å². The summed E-state index contributed by atoms with van der Waals surface area (Å²) in [6, 6.07) is 4.49. The van der Waals surface area contributed by atoms with E-state index >= 15 is 0 Å². The minimum Gasteiger partial charge on any atom is -0.397 e. The first-order chi connectivity index (χ1) is 9.85. The Balaban J connectivity index is 2.77. The van der Waals surface area contributed by atoms with Crippen LogP contribution in [-0.2, 0) is 4.79 Å². The lowest BCUT2D eigenvalue weighted by atomic mass is 10.1. The third-order valence-corrected chi connectivity index (χ3v) is 2.99. The van der Waals surface area contributed by atoms with E-state index in [0.717, 1.165) is 0 Å². The van der Waals surface area contributed by atoms with Crippen LogP contribution in [0, 0.1) is 5.92 Å². The number of carbonyl (C=O) groups is 2. The predicted octanol–water partition coefficient (Wildman–Crippen LogP) is 1.20. The molecule has 0 aromatic heterocycles. The smallest absolute Gasteiger partial charge is 0.251 e. The van der Waals surface area contributed by atoms with Crippen molar-refractivity contribution in [3.63, 3.8) is 0 Å². The highest BCUT2D eigenvalue weighted by Gasteiger charge is 2.15. The maximum atomic E-state index is 11.9. The van der Waals surface area contributed by atoms with E-state index in [0.29, 0.717) is 29.4 Å². The van der Waals surface area contributed by atoms with Gasteiger partial charge < -0.3 is 21.7 Å². The van der Waals surface area contributed by atoms with Crippen molar-refractivity contribution in [3.05, 3.63) is 23.8 Å². The fourth-order valence-corrected chi connectivity index (χ4v) is 1.72. The molecular formula is C15H24N4O2. The molecule has 1 atom stereocenters. The van der Waals surface area contributed by atoms with Gasteiger partial charge in [-0.3, -0.25) is 9.59 Å². The van der Waals surface area contributed by atoms with Crippen molar-refractivity contribution in [2.45, 2.75) is 26.8 Å². The second-order valence-electron chi connectivity index (χ2n) is 5.39. The standard InChI is InChI=1S/C15H24N4O2/c1-9(2)8-18-14(20)10(3)19-13-7-11(15(21)17-4)5-6-12(13)16/h5-7,9-10,19H,8,16H2,1-4H3,(H,17,21)(H,18,20). The van der Waals surface area contributed by atoms with Crippen molar-refractivity contribution in [1.82, 2.24) is 10.6 Å². The third-order valence-electron chi connectivity index (χ3n) is 2.99. The van der Waals surface area contributed by atoms with Crippen molar-refractivity contribution in [2.75, 3.05) is 24.6 Å². The summed E-state index contributed by atoms with van der Waals surface area (Å²) in [7, 11) is 1.56. The molecule has 116 valence electrons. The summed E-state index contributed by atoms with van der Waals surface area (Å²) in [5, 5.41) is 8.43. The minimum atomic E-state index is -0.439. The van der Waals surface area contributed by atoms with Crippen molar-refractivity contribution in [1.29, 1.82) is 0 Å². The number of benzene rings is 1. The number of carbonyl (C=O) groups excluding carboxylic acids is 2. The van der Waals surface area contributed by atoms with Gasteiger partial charge in [0.2, 0.25) is 5.91 Å². The number of anilines is 2. The molecule has 0 saturated heterocycles. The van der Waals surface area contributed by atoms with Crippen molar-refractivity contribution in [3.8, 4) is 0 Å². The van der Waals surface area contributed by atoms with Gasteiger partial charge in [0.05, 0.1) is 11.4 Å². The fraction of sp³-hybridized carbons (Fsp3) is 0.467. The molecule has 0 radical (unpaired) electrons. The topological polar surface area (TPSA) is 96.2 Å². The summed E-state index contributed by atoms with van der Waals surface area (Å²) in [5.74, 6) is 0.0891. The second-order valence-corrected chi connectivity index (χ2v) is 5.39. The van der Waals surface area contributed by atoms with Gasteiger partial charge in [0, 0.05) is 19.2 Å². The van der Waals surface area contributed by atoms with Gasteiger partial charge >= 0.3 is 0 Å². The molecule has 0 saturated carbocycles. The van der Waals surface area contributed by atoms with Crippen LogP contribution in [0.5, 0.6) is 0 Å². The van der Waals surface area contributed by atoms with Gasteiger partial charge in [0.15, 0.2) is 0 Å². The molecule has 1 aromatic rings. The van der Waals surface area contributed by atoms with E-state index < -0.39 is 6.04 Å². The van der Waals surface area contributed by atoms with E-state index in [2.05, 4.69) is 16.0 Å². The number of rotatable bonds is 6. The number of amides is 2. The molecule has 0 fully saturated rings. The SMILES string of the molecule is CNC(=O)c1ccc(N)c(NC(C)C(=O)NCC(C)C)c1. The molecule has 1 rings (SSSR count). The number of nitrogens with two attached hydrogens (primary N) is 1. The van der Waals surface area contributed by atoms with Crippen molar-refractivity contribution in [2.24, 2.45) is 5.92 Å². The minimum absolute atomic E-state index is 0.103. The Bertz CT molecular complexity index is 514. The van der Waals surface area contributed by atoms with Gasteiger partial charge in [-0.2, -0.15) is 0 Å². The Morgan fingerprint density at radius 1 is 1.24 bits per heavy atom. The van der Waals surface area contributed by atoms with E-state index in [1.54, 1.807) is 32.2 Å². The first-order valence-electron chi connectivity index (χ1n) is 7.01. The van der Waals surface area contributed by atoms with E-state index in [9.17, 15) is 9.59 Å². The highest BCUT2D eigenvalue weighted by atomic mass is 16.2. The molecule has 0 bridgehead atoms. The van der Waals surface area contributed by atoms with E-state index in [-0.39, 0.29) is 11.8 Å². The van der Waals surface area contributed by atoms with E-state index in [4.69, 9.17) is 5.73 Å². The average molecular weight is 292 g/mol. The summed E-state index contributed by atoms with van der Waals surface area (Å²) in [4.78, 5) is 23.6. The first kappa shape index (κ1) is 16.8. The summed E-state index contributed by atoms with van der Waals surface area (Å²) in [6.07, 6.45) is 0. The Hall–Kier alpha value is -2.24. The fourth-order valence-electron chi connectivity index (χ4n) is 1.72. The number of hydrogen-bond acceptors (Lipinski definition) is 4. The van der Waals surface area contributed by atoms with Gasteiger partial charge in [-0.25, -0.2) is 0 Å². The second kappa shape index (κ2) is 7.52. The normalized spacial score (nSPS) is 11.9. The molecule has 6 heteroatoms. The lowest BCUT2D eigenvalue weighted by molar-refractivity contribution is -0.121. The number of nitrogens with one attached hydrogen (secondary N) is 3. The summed E-state index contributed by atoms with van der Waals surface area (Å²) in [5.41, 5.74) is 7.43. The maximum Gasteiger partial charge on any atom is 0.251 e. The van der Waals surface area contributed by atoms with Crippen LogP contribution in [0.3, 0.4) is 0 Å². The Labute approximate surface area is 125 Å². The summed E-state index contributed by atoms with van der Waals surface area (Å²) >= 11 is 0. The molecule has 1 unspecified atom stereocenters. The van der Waals surface area contributed by atoms with E-state index in [1.807, 2.05) is 13.8 Å². The van der Waals surface area contributed by atoms with Crippen LogP contribution in [0.1, 0.15) is 31.1 Å². The van der Waals surface area contributed by atoms with Gasteiger partial charge in [-0.15, -0.1) is 0 Å². The van der Waals surface area contributed by atoms with Gasteiger partial charge in [-0.1, -0.05) is 13.8 Å². The third kappa shape index (κ3) is 4.98. The zero-order chi connectivity index (χ0) is 16.0. The molecule has 0 aliphatic heterocycles. The van der Waals surface area contributed by atoms with Crippen LogP contribution in [-0.4, -0.2) is 31.4 Å². The molecule has 0 aliphatic carbocycles. The lowest BCUT2D eigenvalue weighted by Gasteiger charge is -2.18. The van der Waals surface area contributed by atoms with Crippen LogP contribution >= 0.6 is 0 Å². The molecule has 5 N–H and O–H groups in total. The molecular weight excluding hydrogens is 268 g/mol. The predicted molar refractivity (Wildman–Crippen MR) is 85.2 cm³/mol. The zero-order valence-corrected chi connectivity index (χ0v) is 13.0. The maximum absolute atomic E-state index is 11.9. The highest BCUT2D eigenvalue weighted by molar-refractivity contribution is 5.96. The molecule has 1 aromatic carbocycles. The Morgan fingerprint density at radius 2 is 1.90 bits per heavy atom. The number of hydrogen-bond donors (Lipinski definition) is 4. The zero-order valence-electron chi connectivity index (χ0n) is 13.0. The number of nitrogen functional groups attached to an aromatic ring is 1. The van der Waals surface area contributed by atoms with Gasteiger partial charge in [0.25, 0.3) is 5.91 Å². The van der Waals surface area contributed by atoms with Crippen LogP contribution in [0.4, 0.5) is 11.4 Å². The molecule has 0 aliphatic rings. The van der Waals surface area contributed by atoms with Gasteiger partial charge in [0.1, 0.15) is 6.04 Å². The van der Waals surface area contributed by atoms with E-state index in [1.165, 1.54) is 0 Å². The first-order valence-corrected chi connectivity index (χ1v) is 7.01. The Kier molecular flexibility index (Phi) is 6.02. The molecule has 0 heterocycles. The van der Waals surface area contributed by atoms with Crippen LogP contribution in [0.2, 0.25) is 0 Å². The van der Waals surface area contributed by atoms with Crippen LogP contribution < -0.4 is 21.7 Å². The highest BCUT2D eigenvalue weighted by Crippen LogP contribution is 2.21. The quantitative estimate of drug-likeness (QED) is 0.592. The molecule has 6 nitrogen and oxygen atoms in total. The Morgan fingerprint density at radius 3 is 2.48 bits per heavy atom. The monoisotopic (exact) mass is 292 g/mol. The van der Waals surface area contributed by atoms with Crippen LogP contribution in [0.15, 0.2) is 18.2 Å². The largest absolute Gasteiger partial charge is 0.397 e. The lowest BCUT2D eigenvalue weighted by Crippen LogP contribution is -2.39. The summed E-state index contributed by atoms with van der Waals surface area (Å²) in [6.45, 7) is 6.44. The average Bonchev–Trinajstić information content (AvgIpc) is 2.45. The molecule has 2 amide bonds. The van der Waals surface area contributed by atoms with Crippen LogP contribution in [0.25, 0.3) is 0 Å². The summed E-state index contributed by atoms with van der Waals surface area (Å²) < 4.78 is 0. The molecule has 0 spiro atoms.